The third kappa shape index (κ3) is 4.29. The zero-order valence-corrected chi connectivity index (χ0v) is 11.9. The molecule has 0 saturated heterocycles. The van der Waals surface area contributed by atoms with Gasteiger partial charge in [0.15, 0.2) is 6.61 Å². The van der Waals surface area contributed by atoms with Crippen LogP contribution >= 0.6 is 0 Å². The van der Waals surface area contributed by atoms with Gasteiger partial charge < -0.3 is 15.2 Å². The molecule has 2 rings (SSSR count). The molecule has 5 heteroatoms. The van der Waals surface area contributed by atoms with E-state index in [4.69, 9.17) is 15.2 Å². The zero-order valence-electron chi connectivity index (χ0n) is 11.9. The lowest BCUT2D eigenvalue weighted by Gasteiger charge is -2.13. The molecule has 2 aromatic rings. The Kier molecular flexibility index (Phi) is 5.29. The second-order valence-corrected chi connectivity index (χ2v) is 4.43. The summed E-state index contributed by atoms with van der Waals surface area (Å²) in [5.41, 5.74) is 8.07. The van der Waals surface area contributed by atoms with E-state index in [0.717, 1.165) is 11.1 Å². The van der Waals surface area contributed by atoms with Gasteiger partial charge in [0.25, 0.3) is 0 Å². The Morgan fingerprint density at radius 1 is 1.24 bits per heavy atom. The quantitative estimate of drug-likeness (QED) is 0.823. The van der Waals surface area contributed by atoms with Crippen molar-refractivity contribution in [3.63, 3.8) is 0 Å². The van der Waals surface area contributed by atoms with E-state index in [9.17, 15) is 4.79 Å². The minimum Gasteiger partial charge on any atom is -0.482 e. The first-order chi connectivity index (χ1) is 10.2. The van der Waals surface area contributed by atoms with Crippen LogP contribution in [-0.2, 0) is 9.53 Å². The molecule has 5 nitrogen and oxygen atoms in total. The summed E-state index contributed by atoms with van der Waals surface area (Å²) in [5, 5.41) is 0. The van der Waals surface area contributed by atoms with E-state index < -0.39 is 0 Å². The lowest BCUT2D eigenvalue weighted by molar-refractivity contribution is -0.145. The summed E-state index contributed by atoms with van der Waals surface area (Å²) >= 11 is 0. The van der Waals surface area contributed by atoms with Crippen LogP contribution in [0.3, 0.4) is 0 Å². The van der Waals surface area contributed by atoms with Gasteiger partial charge in [-0.2, -0.15) is 0 Å². The maximum absolute atomic E-state index is 11.2. The van der Waals surface area contributed by atoms with E-state index >= 15 is 0 Å². The zero-order chi connectivity index (χ0) is 15.1. The van der Waals surface area contributed by atoms with Gasteiger partial charge in [0.05, 0.1) is 12.6 Å². The molecule has 0 aliphatic carbocycles. The molecular weight excluding hydrogens is 268 g/mol. The molecule has 1 heterocycles. The van der Waals surface area contributed by atoms with Crippen molar-refractivity contribution in [1.82, 2.24) is 4.98 Å². The number of rotatable bonds is 6. The topological polar surface area (TPSA) is 74.4 Å². The minimum atomic E-state index is -0.381. The Balaban J connectivity index is 1.97. The highest BCUT2D eigenvalue weighted by Crippen LogP contribution is 2.21. The van der Waals surface area contributed by atoms with Crippen LogP contribution in [0.1, 0.15) is 24.1 Å². The fourth-order valence-electron chi connectivity index (χ4n) is 1.87. The first-order valence-corrected chi connectivity index (χ1v) is 6.74. The summed E-state index contributed by atoms with van der Waals surface area (Å²) in [6.07, 6.45) is 3.46. The van der Waals surface area contributed by atoms with Gasteiger partial charge in [-0.1, -0.05) is 18.2 Å². The number of aromatic nitrogens is 1. The van der Waals surface area contributed by atoms with Gasteiger partial charge in [-0.05, 0) is 36.2 Å². The van der Waals surface area contributed by atoms with E-state index in [1.165, 1.54) is 0 Å². The molecule has 0 amide bonds. The van der Waals surface area contributed by atoms with E-state index in [1.54, 1.807) is 31.5 Å². The number of nitrogens with two attached hydrogens (primary N) is 1. The summed E-state index contributed by atoms with van der Waals surface area (Å²) in [6.45, 7) is 2.01. The van der Waals surface area contributed by atoms with Crippen LogP contribution in [0.25, 0.3) is 0 Å². The lowest BCUT2D eigenvalue weighted by atomic mass is 10.0. The third-order valence-electron chi connectivity index (χ3n) is 2.94. The number of hydrogen-bond acceptors (Lipinski definition) is 5. The predicted molar refractivity (Wildman–Crippen MR) is 78.8 cm³/mol. The van der Waals surface area contributed by atoms with Gasteiger partial charge in [-0.25, -0.2) is 4.79 Å². The standard InChI is InChI=1S/C16H18N2O3/c1-2-20-15(19)11-21-14-7-5-12(6-8-14)16(17)13-4-3-9-18-10-13/h3-10,16H,2,11,17H2,1H3. The smallest absolute Gasteiger partial charge is 0.344 e. The number of hydrogen-bond donors (Lipinski definition) is 1. The van der Waals surface area contributed by atoms with Crippen molar-refractivity contribution in [3.05, 3.63) is 59.9 Å². The number of carbonyl (C=O) groups is 1. The van der Waals surface area contributed by atoms with Gasteiger partial charge in [-0.15, -0.1) is 0 Å². The molecule has 0 saturated carbocycles. The van der Waals surface area contributed by atoms with Crippen LogP contribution in [0, 0.1) is 0 Å². The van der Waals surface area contributed by atoms with Crippen LogP contribution in [0.2, 0.25) is 0 Å². The van der Waals surface area contributed by atoms with Crippen LogP contribution in [0.4, 0.5) is 0 Å². The number of esters is 1. The van der Waals surface area contributed by atoms with Gasteiger partial charge in [0, 0.05) is 12.4 Å². The van der Waals surface area contributed by atoms with Gasteiger partial charge >= 0.3 is 5.97 Å². The second kappa shape index (κ2) is 7.40. The molecule has 1 atom stereocenters. The van der Waals surface area contributed by atoms with E-state index in [0.29, 0.717) is 12.4 Å². The van der Waals surface area contributed by atoms with Crippen molar-refractivity contribution in [2.24, 2.45) is 5.73 Å². The van der Waals surface area contributed by atoms with Gasteiger partial charge in [0.2, 0.25) is 0 Å². The molecule has 0 aliphatic heterocycles. The average molecular weight is 286 g/mol. The monoisotopic (exact) mass is 286 g/mol. The molecule has 1 aromatic heterocycles. The third-order valence-corrected chi connectivity index (χ3v) is 2.94. The highest BCUT2D eigenvalue weighted by Gasteiger charge is 2.09. The maximum atomic E-state index is 11.2. The first kappa shape index (κ1) is 15.0. The highest BCUT2D eigenvalue weighted by molar-refractivity contribution is 5.71. The second-order valence-electron chi connectivity index (χ2n) is 4.43. The predicted octanol–water partition coefficient (Wildman–Crippen LogP) is 2.07. The fourth-order valence-corrected chi connectivity index (χ4v) is 1.87. The molecule has 110 valence electrons. The van der Waals surface area contributed by atoms with Crippen molar-refractivity contribution in [2.75, 3.05) is 13.2 Å². The molecule has 0 radical (unpaired) electrons. The largest absolute Gasteiger partial charge is 0.482 e. The summed E-state index contributed by atoms with van der Waals surface area (Å²) in [4.78, 5) is 15.3. The Bertz CT molecular complexity index is 570. The minimum absolute atomic E-state index is 0.0954. The number of nitrogens with zero attached hydrogens (tertiary/aromatic N) is 1. The molecule has 0 fully saturated rings. The van der Waals surface area contributed by atoms with Crippen molar-refractivity contribution < 1.29 is 14.3 Å². The van der Waals surface area contributed by atoms with Crippen molar-refractivity contribution in [3.8, 4) is 5.75 Å². The molecule has 0 bridgehead atoms. The molecule has 1 unspecified atom stereocenters. The number of carbonyl (C=O) groups excluding carboxylic acids is 1. The van der Waals surface area contributed by atoms with E-state index in [2.05, 4.69) is 4.98 Å². The van der Waals surface area contributed by atoms with Gasteiger partial charge in [-0.3, -0.25) is 4.98 Å². The van der Waals surface area contributed by atoms with Crippen LogP contribution < -0.4 is 10.5 Å². The summed E-state index contributed by atoms with van der Waals surface area (Å²) in [7, 11) is 0. The van der Waals surface area contributed by atoms with Crippen molar-refractivity contribution in [2.45, 2.75) is 13.0 Å². The Hall–Kier alpha value is -2.40. The molecule has 21 heavy (non-hydrogen) atoms. The number of pyridine rings is 1. The highest BCUT2D eigenvalue weighted by atomic mass is 16.6. The Morgan fingerprint density at radius 3 is 2.62 bits per heavy atom. The first-order valence-electron chi connectivity index (χ1n) is 6.74. The SMILES string of the molecule is CCOC(=O)COc1ccc(C(N)c2cccnc2)cc1. The maximum Gasteiger partial charge on any atom is 0.344 e. The summed E-state index contributed by atoms with van der Waals surface area (Å²) < 4.78 is 10.1. The molecule has 1 aromatic carbocycles. The fraction of sp³-hybridized carbons (Fsp3) is 0.250. The van der Waals surface area contributed by atoms with Crippen LogP contribution in [0.5, 0.6) is 5.75 Å². The summed E-state index contributed by atoms with van der Waals surface area (Å²) in [6, 6.07) is 10.9. The van der Waals surface area contributed by atoms with Crippen LogP contribution in [-0.4, -0.2) is 24.2 Å². The van der Waals surface area contributed by atoms with E-state index in [1.807, 2.05) is 24.3 Å². The molecule has 2 N–H and O–H groups in total. The molecule has 0 aliphatic rings. The lowest BCUT2D eigenvalue weighted by Crippen LogP contribution is -2.15. The normalized spacial score (nSPS) is 11.7. The summed E-state index contributed by atoms with van der Waals surface area (Å²) in [5.74, 6) is 0.221. The average Bonchev–Trinajstić information content (AvgIpc) is 2.54. The van der Waals surface area contributed by atoms with Crippen molar-refractivity contribution >= 4 is 5.97 Å². The van der Waals surface area contributed by atoms with Gasteiger partial charge in [0.1, 0.15) is 5.75 Å². The Morgan fingerprint density at radius 2 is 2.00 bits per heavy atom. The van der Waals surface area contributed by atoms with Crippen molar-refractivity contribution in [1.29, 1.82) is 0 Å². The number of ether oxygens (including phenoxy) is 2. The van der Waals surface area contributed by atoms with E-state index in [-0.39, 0.29) is 18.6 Å². The number of benzene rings is 1. The van der Waals surface area contributed by atoms with Crippen LogP contribution in [0.15, 0.2) is 48.8 Å². The molecule has 0 spiro atoms. The molecular formula is C16H18N2O3. The Labute approximate surface area is 123 Å².